The van der Waals surface area contributed by atoms with Gasteiger partial charge in [-0.05, 0) is 24.3 Å². The van der Waals surface area contributed by atoms with Crippen molar-refractivity contribution in [2.24, 2.45) is 0 Å². The molecule has 0 saturated heterocycles. The maximum Gasteiger partial charge on any atom is 0.210 e. The summed E-state index contributed by atoms with van der Waals surface area (Å²) in [7, 11) is -4.27. The second-order valence-corrected chi connectivity index (χ2v) is 5.55. The SMILES string of the molecule is N#Cc1c(F)cccc1S(=O)(=O)c1ccccc1F. The molecule has 6 heteroatoms. The average Bonchev–Trinajstić information content (AvgIpc) is 2.38. The zero-order chi connectivity index (χ0) is 14.0. The molecule has 0 heterocycles. The van der Waals surface area contributed by atoms with Crippen LogP contribution in [0, 0.1) is 23.0 Å². The zero-order valence-corrected chi connectivity index (χ0v) is 10.3. The van der Waals surface area contributed by atoms with Crippen LogP contribution in [0.1, 0.15) is 5.56 Å². The molecule has 96 valence electrons. The molecule has 3 nitrogen and oxygen atoms in total. The average molecular weight is 279 g/mol. The van der Waals surface area contributed by atoms with Gasteiger partial charge in [0.25, 0.3) is 0 Å². The van der Waals surface area contributed by atoms with Crippen LogP contribution in [0.3, 0.4) is 0 Å². The second-order valence-electron chi connectivity index (χ2n) is 3.66. The quantitative estimate of drug-likeness (QED) is 0.849. The fourth-order valence-corrected chi connectivity index (χ4v) is 3.11. The van der Waals surface area contributed by atoms with Crippen molar-refractivity contribution in [3.8, 4) is 6.07 Å². The summed E-state index contributed by atoms with van der Waals surface area (Å²) in [6.45, 7) is 0. The van der Waals surface area contributed by atoms with Gasteiger partial charge in [0.2, 0.25) is 9.84 Å². The van der Waals surface area contributed by atoms with Gasteiger partial charge in [-0.2, -0.15) is 5.26 Å². The molecule has 0 atom stereocenters. The summed E-state index contributed by atoms with van der Waals surface area (Å²) in [6.07, 6.45) is 0. The number of nitrogens with zero attached hydrogens (tertiary/aromatic N) is 1. The van der Waals surface area contributed by atoms with Gasteiger partial charge in [-0.15, -0.1) is 0 Å². The molecule has 0 amide bonds. The zero-order valence-electron chi connectivity index (χ0n) is 9.47. The van der Waals surface area contributed by atoms with Crippen LogP contribution in [0.15, 0.2) is 52.3 Å². The van der Waals surface area contributed by atoms with E-state index in [1.54, 1.807) is 0 Å². The Morgan fingerprint density at radius 2 is 1.47 bits per heavy atom. The lowest BCUT2D eigenvalue weighted by Crippen LogP contribution is -2.07. The first kappa shape index (κ1) is 13.2. The Kier molecular flexibility index (Phi) is 3.32. The minimum Gasteiger partial charge on any atom is -0.218 e. The van der Waals surface area contributed by atoms with Gasteiger partial charge in [-0.1, -0.05) is 18.2 Å². The maximum absolute atomic E-state index is 13.6. The van der Waals surface area contributed by atoms with E-state index in [2.05, 4.69) is 0 Å². The molecule has 0 aromatic heterocycles. The molecule has 0 aliphatic rings. The van der Waals surface area contributed by atoms with Crippen molar-refractivity contribution in [2.45, 2.75) is 9.79 Å². The first-order valence-electron chi connectivity index (χ1n) is 5.16. The molecule has 0 fully saturated rings. The van der Waals surface area contributed by atoms with Gasteiger partial charge in [0.1, 0.15) is 28.2 Å². The predicted octanol–water partition coefficient (Wildman–Crippen LogP) is 2.67. The summed E-state index contributed by atoms with van der Waals surface area (Å²) in [5.41, 5.74) is -0.620. The van der Waals surface area contributed by atoms with Crippen molar-refractivity contribution in [2.75, 3.05) is 0 Å². The number of rotatable bonds is 2. The van der Waals surface area contributed by atoms with Crippen LogP contribution in [0.4, 0.5) is 8.78 Å². The van der Waals surface area contributed by atoms with Gasteiger partial charge in [0.15, 0.2) is 0 Å². The number of nitriles is 1. The van der Waals surface area contributed by atoms with Crippen molar-refractivity contribution in [1.29, 1.82) is 5.26 Å². The maximum atomic E-state index is 13.6. The van der Waals surface area contributed by atoms with E-state index in [1.165, 1.54) is 18.2 Å². The minimum atomic E-state index is -4.27. The third kappa shape index (κ3) is 2.20. The molecular weight excluding hydrogens is 272 g/mol. The van der Waals surface area contributed by atoms with Gasteiger partial charge < -0.3 is 0 Å². The van der Waals surface area contributed by atoms with E-state index < -0.39 is 36.8 Å². The van der Waals surface area contributed by atoms with Crippen molar-refractivity contribution >= 4 is 9.84 Å². The highest BCUT2D eigenvalue weighted by Crippen LogP contribution is 2.26. The highest BCUT2D eigenvalue weighted by molar-refractivity contribution is 7.91. The monoisotopic (exact) mass is 279 g/mol. The van der Waals surface area contributed by atoms with Crippen LogP contribution in [-0.4, -0.2) is 8.42 Å². The summed E-state index contributed by atoms with van der Waals surface area (Å²) in [6, 6.07) is 9.42. The van der Waals surface area contributed by atoms with E-state index in [9.17, 15) is 17.2 Å². The van der Waals surface area contributed by atoms with Gasteiger partial charge in [0.05, 0.1) is 4.90 Å². The molecule has 2 rings (SSSR count). The molecular formula is C13H7F2NO2S. The largest absolute Gasteiger partial charge is 0.218 e. The van der Waals surface area contributed by atoms with E-state index in [0.29, 0.717) is 0 Å². The van der Waals surface area contributed by atoms with Crippen molar-refractivity contribution in [1.82, 2.24) is 0 Å². The second kappa shape index (κ2) is 4.78. The van der Waals surface area contributed by atoms with Crippen molar-refractivity contribution < 1.29 is 17.2 Å². The number of halogens is 2. The third-order valence-corrected chi connectivity index (χ3v) is 4.33. The minimum absolute atomic E-state index is 0.542. The summed E-state index contributed by atoms with van der Waals surface area (Å²) < 4.78 is 51.4. The van der Waals surface area contributed by atoms with Crippen LogP contribution in [0.5, 0.6) is 0 Å². The van der Waals surface area contributed by atoms with Crippen LogP contribution in [0.2, 0.25) is 0 Å². The van der Waals surface area contributed by atoms with E-state index in [-0.39, 0.29) is 0 Å². The van der Waals surface area contributed by atoms with Gasteiger partial charge in [-0.3, -0.25) is 0 Å². The number of hydrogen-bond acceptors (Lipinski definition) is 3. The third-order valence-electron chi connectivity index (χ3n) is 2.50. The Labute approximate surface area is 108 Å². The Morgan fingerprint density at radius 1 is 0.895 bits per heavy atom. The fraction of sp³-hybridized carbons (Fsp3) is 0. The Morgan fingerprint density at radius 3 is 2.11 bits per heavy atom. The summed E-state index contributed by atoms with van der Waals surface area (Å²) in [5.74, 6) is -1.91. The van der Waals surface area contributed by atoms with Crippen molar-refractivity contribution in [3.05, 3.63) is 59.7 Å². The molecule has 0 aliphatic carbocycles. The van der Waals surface area contributed by atoms with E-state index in [1.807, 2.05) is 0 Å². The van der Waals surface area contributed by atoms with Crippen LogP contribution in [0.25, 0.3) is 0 Å². The molecule has 0 bridgehead atoms. The van der Waals surface area contributed by atoms with Crippen molar-refractivity contribution in [3.63, 3.8) is 0 Å². The Bertz CT molecular complexity index is 779. The van der Waals surface area contributed by atoms with Gasteiger partial charge in [0, 0.05) is 0 Å². The highest BCUT2D eigenvalue weighted by Gasteiger charge is 2.25. The van der Waals surface area contributed by atoms with Crippen LogP contribution >= 0.6 is 0 Å². The first-order valence-corrected chi connectivity index (χ1v) is 6.65. The number of sulfone groups is 1. The lowest BCUT2D eigenvalue weighted by atomic mass is 10.2. The first-order chi connectivity index (χ1) is 8.98. The molecule has 0 unspecified atom stereocenters. The summed E-state index contributed by atoms with van der Waals surface area (Å²) >= 11 is 0. The van der Waals surface area contributed by atoms with E-state index in [4.69, 9.17) is 5.26 Å². The predicted molar refractivity (Wildman–Crippen MR) is 63.0 cm³/mol. The molecule has 0 N–H and O–H groups in total. The lowest BCUT2D eigenvalue weighted by molar-refractivity contribution is 0.564. The normalized spacial score (nSPS) is 11.0. The Balaban J connectivity index is 2.76. The Hall–Kier alpha value is -2.26. The molecule has 0 aliphatic heterocycles. The van der Waals surface area contributed by atoms with E-state index >= 15 is 0 Å². The van der Waals surface area contributed by atoms with Gasteiger partial charge in [-0.25, -0.2) is 17.2 Å². The molecule has 0 saturated carbocycles. The van der Waals surface area contributed by atoms with Gasteiger partial charge >= 0.3 is 0 Å². The molecule has 0 spiro atoms. The molecule has 2 aromatic carbocycles. The standard InChI is InChI=1S/C13H7F2NO2S/c14-10-5-3-7-12(9(10)8-16)19(17,18)13-6-2-1-4-11(13)15/h1-7H. The highest BCUT2D eigenvalue weighted by atomic mass is 32.2. The summed E-state index contributed by atoms with van der Waals surface area (Å²) in [5, 5.41) is 8.83. The fourth-order valence-electron chi connectivity index (χ4n) is 1.62. The molecule has 2 aromatic rings. The number of benzene rings is 2. The lowest BCUT2D eigenvalue weighted by Gasteiger charge is -2.07. The molecule has 0 radical (unpaired) electrons. The number of hydrogen-bond donors (Lipinski definition) is 0. The summed E-state index contributed by atoms with van der Waals surface area (Å²) in [4.78, 5) is -1.13. The topological polar surface area (TPSA) is 57.9 Å². The van der Waals surface area contributed by atoms with Crippen LogP contribution in [-0.2, 0) is 9.84 Å². The molecule has 19 heavy (non-hydrogen) atoms. The van der Waals surface area contributed by atoms with E-state index in [0.717, 1.165) is 30.3 Å². The van der Waals surface area contributed by atoms with Crippen LogP contribution < -0.4 is 0 Å². The smallest absolute Gasteiger partial charge is 0.210 e.